The van der Waals surface area contributed by atoms with E-state index in [0.29, 0.717) is 0 Å². The number of carbonyl (C=O) groups is 2. The van der Waals surface area contributed by atoms with Crippen molar-refractivity contribution < 1.29 is 14.7 Å². The van der Waals surface area contributed by atoms with E-state index in [0.717, 1.165) is 25.9 Å². The molecule has 1 N–H and O–H groups in total. The number of carboxylic acids is 1. The molecule has 5 heteroatoms. The number of carbonyl (C=O) groups excluding carboxylic acids is 1. The number of carboxylic acid groups (broad SMARTS) is 1. The second-order valence-electron chi connectivity index (χ2n) is 4.21. The summed E-state index contributed by atoms with van der Waals surface area (Å²) in [6.07, 6.45) is 7.23. The Balaban J connectivity index is 2.62. The lowest BCUT2D eigenvalue weighted by atomic mass is 10.2. The molecule has 0 aromatic heterocycles. The van der Waals surface area contributed by atoms with Crippen LogP contribution < -0.4 is 0 Å². The average molecular weight is 238 g/mol. The lowest BCUT2D eigenvalue weighted by Crippen LogP contribution is -2.48. The quantitative estimate of drug-likeness (QED) is 0.686. The van der Waals surface area contributed by atoms with Crippen molar-refractivity contribution in [2.45, 2.75) is 25.8 Å². The van der Waals surface area contributed by atoms with Crippen molar-refractivity contribution in [1.82, 2.24) is 9.80 Å². The Labute approximate surface area is 101 Å². The molecular formula is C12H18N2O3. The fraction of sp³-hybridized carbons (Fsp3) is 0.667. The van der Waals surface area contributed by atoms with Gasteiger partial charge < -0.3 is 10.0 Å². The molecule has 0 saturated carbocycles. The molecule has 1 fully saturated rings. The Morgan fingerprint density at radius 3 is 2.53 bits per heavy atom. The predicted molar refractivity (Wildman–Crippen MR) is 63.3 cm³/mol. The number of nitrogens with zero attached hydrogens (tertiary/aromatic N) is 2. The van der Waals surface area contributed by atoms with Gasteiger partial charge >= 0.3 is 5.97 Å². The van der Waals surface area contributed by atoms with E-state index in [9.17, 15) is 9.59 Å². The van der Waals surface area contributed by atoms with Gasteiger partial charge in [-0.05, 0) is 19.8 Å². The number of hydrogen-bond donors (Lipinski definition) is 1. The summed E-state index contributed by atoms with van der Waals surface area (Å²) < 4.78 is 0. The van der Waals surface area contributed by atoms with Crippen molar-refractivity contribution in [3.63, 3.8) is 0 Å². The Bertz CT molecular complexity index is 329. The van der Waals surface area contributed by atoms with Gasteiger partial charge in [0.15, 0.2) is 0 Å². The van der Waals surface area contributed by atoms with Crippen LogP contribution in [-0.2, 0) is 9.59 Å². The minimum Gasteiger partial charge on any atom is -0.480 e. The zero-order chi connectivity index (χ0) is 12.8. The van der Waals surface area contributed by atoms with Crippen LogP contribution in [0.4, 0.5) is 0 Å². The maximum absolute atomic E-state index is 12.1. The molecule has 1 atom stereocenters. The van der Waals surface area contributed by atoms with E-state index in [1.807, 2.05) is 0 Å². The summed E-state index contributed by atoms with van der Waals surface area (Å²) >= 11 is 0. The van der Waals surface area contributed by atoms with Gasteiger partial charge in [-0.1, -0.05) is 5.92 Å². The zero-order valence-electron chi connectivity index (χ0n) is 10.1. The van der Waals surface area contributed by atoms with Crippen LogP contribution in [0.1, 0.15) is 19.8 Å². The lowest BCUT2D eigenvalue weighted by molar-refractivity contribution is -0.141. The molecule has 0 spiro atoms. The molecule has 0 bridgehead atoms. The summed E-state index contributed by atoms with van der Waals surface area (Å²) in [6, 6.07) is -0.472. The van der Waals surface area contributed by atoms with Gasteiger partial charge in [-0.3, -0.25) is 14.5 Å². The molecule has 1 saturated heterocycles. The topological polar surface area (TPSA) is 60.9 Å². The third kappa shape index (κ3) is 3.75. The van der Waals surface area contributed by atoms with E-state index in [1.54, 1.807) is 11.8 Å². The van der Waals surface area contributed by atoms with E-state index in [-0.39, 0.29) is 19.0 Å². The second kappa shape index (κ2) is 6.26. The summed E-state index contributed by atoms with van der Waals surface area (Å²) in [5.74, 6) is 1.39. The molecule has 1 aliphatic heterocycles. The molecule has 94 valence electrons. The first-order chi connectivity index (χ1) is 8.06. The average Bonchev–Trinajstić information content (AvgIpc) is 2.79. The van der Waals surface area contributed by atoms with Crippen LogP contribution in [0.2, 0.25) is 0 Å². The highest BCUT2D eigenvalue weighted by atomic mass is 16.4. The highest BCUT2D eigenvalue weighted by Gasteiger charge is 2.28. The summed E-state index contributed by atoms with van der Waals surface area (Å²) in [5, 5.41) is 8.77. The van der Waals surface area contributed by atoms with Crippen LogP contribution in [0.25, 0.3) is 0 Å². The SMILES string of the molecule is C#CCN(CC(=O)O)C(C)C(=O)N1CCCC1. The van der Waals surface area contributed by atoms with E-state index in [2.05, 4.69) is 5.92 Å². The minimum absolute atomic E-state index is 0.0287. The molecule has 1 rings (SSSR count). The van der Waals surface area contributed by atoms with Crippen LogP contribution in [0.5, 0.6) is 0 Å². The summed E-state index contributed by atoms with van der Waals surface area (Å²) in [4.78, 5) is 26.0. The standard InChI is InChI=1S/C12H18N2O3/c1-3-6-14(9-11(15)16)10(2)12(17)13-7-4-5-8-13/h1,10H,4-9H2,2H3,(H,15,16). The van der Waals surface area contributed by atoms with Gasteiger partial charge in [0.1, 0.15) is 0 Å². The van der Waals surface area contributed by atoms with Gasteiger partial charge in [0, 0.05) is 13.1 Å². The zero-order valence-corrected chi connectivity index (χ0v) is 10.1. The Hall–Kier alpha value is -1.54. The molecule has 1 unspecified atom stereocenters. The largest absolute Gasteiger partial charge is 0.480 e. The third-order valence-electron chi connectivity index (χ3n) is 2.96. The lowest BCUT2D eigenvalue weighted by Gasteiger charge is -2.28. The van der Waals surface area contributed by atoms with E-state index in [4.69, 9.17) is 11.5 Å². The first-order valence-corrected chi connectivity index (χ1v) is 5.74. The number of likely N-dealkylation sites (tertiary alicyclic amines) is 1. The van der Waals surface area contributed by atoms with Gasteiger partial charge in [0.25, 0.3) is 0 Å². The molecular weight excluding hydrogens is 220 g/mol. The molecule has 0 aromatic carbocycles. The van der Waals surface area contributed by atoms with Crippen LogP contribution in [-0.4, -0.2) is 59.0 Å². The fourth-order valence-corrected chi connectivity index (χ4v) is 1.98. The summed E-state index contributed by atoms with van der Waals surface area (Å²) in [6.45, 7) is 3.21. The fourth-order valence-electron chi connectivity index (χ4n) is 1.98. The number of aliphatic carboxylic acids is 1. The van der Waals surface area contributed by atoms with Gasteiger partial charge in [-0.25, -0.2) is 0 Å². The van der Waals surface area contributed by atoms with Gasteiger partial charge in [-0.2, -0.15) is 0 Å². The summed E-state index contributed by atoms with van der Waals surface area (Å²) in [5.41, 5.74) is 0. The Kier molecular flexibility index (Phi) is 4.98. The molecule has 0 aromatic rings. The molecule has 1 aliphatic rings. The first-order valence-electron chi connectivity index (χ1n) is 5.74. The number of hydrogen-bond acceptors (Lipinski definition) is 3. The van der Waals surface area contributed by atoms with Crippen LogP contribution in [0, 0.1) is 12.3 Å². The van der Waals surface area contributed by atoms with Crippen LogP contribution in [0.15, 0.2) is 0 Å². The van der Waals surface area contributed by atoms with Gasteiger partial charge in [-0.15, -0.1) is 6.42 Å². The smallest absolute Gasteiger partial charge is 0.317 e. The van der Waals surface area contributed by atoms with Crippen molar-refractivity contribution in [3.05, 3.63) is 0 Å². The van der Waals surface area contributed by atoms with Gasteiger partial charge in [0.2, 0.25) is 5.91 Å². The van der Waals surface area contributed by atoms with Crippen LogP contribution >= 0.6 is 0 Å². The molecule has 1 heterocycles. The number of terminal acetylenes is 1. The third-order valence-corrected chi connectivity index (χ3v) is 2.96. The molecule has 0 aliphatic carbocycles. The van der Waals surface area contributed by atoms with Crippen molar-refractivity contribution >= 4 is 11.9 Å². The first kappa shape index (κ1) is 13.5. The van der Waals surface area contributed by atoms with Crippen molar-refractivity contribution in [1.29, 1.82) is 0 Å². The normalized spacial score (nSPS) is 16.9. The van der Waals surface area contributed by atoms with Crippen LogP contribution in [0.3, 0.4) is 0 Å². The monoisotopic (exact) mass is 238 g/mol. The van der Waals surface area contributed by atoms with E-state index >= 15 is 0 Å². The number of rotatable bonds is 5. The van der Waals surface area contributed by atoms with Crippen molar-refractivity contribution in [2.24, 2.45) is 0 Å². The maximum atomic E-state index is 12.1. The van der Waals surface area contributed by atoms with Crippen molar-refractivity contribution in [2.75, 3.05) is 26.2 Å². The second-order valence-corrected chi connectivity index (χ2v) is 4.21. The predicted octanol–water partition coefficient (Wildman–Crippen LogP) is 0.0171. The molecule has 17 heavy (non-hydrogen) atoms. The van der Waals surface area contributed by atoms with Crippen molar-refractivity contribution in [3.8, 4) is 12.3 Å². The number of amides is 1. The summed E-state index contributed by atoms with van der Waals surface area (Å²) in [7, 11) is 0. The Morgan fingerprint density at radius 2 is 2.06 bits per heavy atom. The highest BCUT2D eigenvalue weighted by molar-refractivity contribution is 5.82. The maximum Gasteiger partial charge on any atom is 0.317 e. The molecule has 0 radical (unpaired) electrons. The van der Waals surface area contributed by atoms with Gasteiger partial charge in [0.05, 0.1) is 19.1 Å². The van der Waals surface area contributed by atoms with E-state index in [1.165, 1.54) is 4.90 Å². The van der Waals surface area contributed by atoms with E-state index < -0.39 is 12.0 Å². The Morgan fingerprint density at radius 1 is 1.47 bits per heavy atom. The highest BCUT2D eigenvalue weighted by Crippen LogP contribution is 2.11. The molecule has 1 amide bonds. The minimum atomic E-state index is -0.971. The molecule has 5 nitrogen and oxygen atoms in total.